The number of hydrogen-bond acceptors (Lipinski definition) is 4. The molecule has 0 unspecified atom stereocenters. The van der Waals surface area contributed by atoms with E-state index < -0.39 is 10.0 Å². The van der Waals surface area contributed by atoms with E-state index in [1.54, 1.807) is 29.2 Å². The lowest BCUT2D eigenvalue weighted by atomic mass is 10.0. The molecule has 0 spiro atoms. The van der Waals surface area contributed by atoms with Crippen LogP contribution in [0.3, 0.4) is 0 Å². The molecule has 6 nitrogen and oxygen atoms in total. The van der Waals surface area contributed by atoms with Crippen LogP contribution in [0.5, 0.6) is 0 Å². The summed E-state index contributed by atoms with van der Waals surface area (Å²) in [6.07, 6.45) is 0.779. The highest BCUT2D eigenvalue weighted by Gasteiger charge is 2.36. The van der Waals surface area contributed by atoms with Crippen LogP contribution in [0.4, 0.5) is 10.5 Å². The number of hydrogen-bond donors (Lipinski definition) is 0. The Morgan fingerprint density at radius 1 is 1.00 bits per heavy atom. The number of anilines is 1. The van der Waals surface area contributed by atoms with Crippen molar-refractivity contribution in [3.05, 3.63) is 58.6 Å². The predicted octanol–water partition coefficient (Wildman–Crippen LogP) is 3.76. The summed E-state index contributed by atoms with van der Waals surface area (Å²) in [5.41, 5.74) is 1.84. The monoisotopic (exact) mass is 450 g/mol. The smallest absolute Gasteiger partial charge is 0.414 e. The van der Waals surface area contributed by atoms with Gasteiger partial charge in [-0.3, -0.25) is 4.90 Å². The molecule has 0 atom stereocenters. The first-order chi connectivity index (χ1) is 13.0. The summed E-state index contributed by atoms with van der Waals surface area (Å²) >= 11 is 3.32. The van der Waals surface area contributed by atoms with Gasteiger partial charge in [0.05, 0.1) is 10.6 Å². The fourth-order valence-corrected chi connectivity index (χ4v) is 5.35. The van der Waals surface area contributed by atoms with Gasteiger partial charge in [-0.2, -0.15) is 4.31 Å². The number of rotatable bonds is 3. The zero-order valence-corrected chi connectivity index (χ0v) is 16.9. The first kappa shape index (κ1) is 18.5. The molecule has 0 radical (unpaired) electrons. The Bertz CT molecular complexity index is 954. The Morgan fingerprint density at radius 3 is 2.37 bits per heavy atom. The number of piperidine rings is 1. The maximum absolute atomic E-state index is 12.8. The van der Waals surface area contributed by atoms with Gasteiger partial charge in [0.1, 0.15) is 6.61 Å². The van der Waals surface area contributed by atoms with Gasteiger partial charge in [0.15, 0.2) is 0 Å². The van der Waals surface area contributed by atoms with Crippen LogP contribution in [0.2, 0.25) is 0 Å². The van der Waals surface area contributed by atoms with Gasteiger partial charge in [-0.1, -0.05) is 34.1 Å². The van der Waals surface area contributed by atoms with E-state index in [-0.39, 0.29) is 23.6 Å². The molecule has 1 fully saturated rings. The molecule has 1 amide bonds. The molecule has 2 aromatic rings. The van der Waals surface area contributed by atoms with Crippen molar-refractivity contribution in [2.75, 3.05) is 18.0 Å². The number of halogens is 1. The molecular formula is C19H19BrN2O4S. The molecule has 0 aromatic heterocycles. The van der Waals surface area contributed by atoms with Crippen molar-refractivity contribution in [2.45, 2.75) is 30.4 Å². The molecule has 1 saturated heterocycles. The van der Waals surface area contributed by atoms with Crippen molar-refractivity contribution in [3.63, 3.8) is 0 Å². The molecule has 142 valence electrons. The number of carbonyl (C=O) groups excluding carboxylic acids is 1. The Hall–Kier alpha value is -1.90. The number of nitrogens with zero attached hydrogens (tertiary/aromatic N) is 2. The highest BCUT2D eigenvalue weighted by molar-refractivity contribution is 9.10. The Balaban J connectivity index is 1.51. The van der Waals surface area contributed by atoms with Crippen molar-refractivity contribution in [1.29, 1.82) is 0 Å². The van der Waals surface area contributed by atoms with E-state index >= 15 is 0 Å². The van der Waals surface area contributed by atoms with E-state index in [1.807, 2.05) is 24.3 Å². The SMILES string of the molecule is O=C1OCc2ccccc2N1C1CCN(S(=O)(=O)c2ccc(Br)cc2)CC1. The normalized spacial score (nSPS) is 18.9. The van der Waals surface area contributed by atoms with Crippen LogP contribution < -0.4 is 4.90 Å². The molecule has 4 rings (SSSR count). The van der Waals surface area contributed by atoms with E-state index in [0.29, 0.717) is 25.9 Å². The maximum atomic E-state index is 12.8. The lowest BCUT2D eigenvalue weighted by Gasteiger charge is -2.39. The number of amides is 1. The van der Waals surface area contributed by atoms with Gasteiger partial charge in [0, 0.05) is 29.2 Å². The van der Waals surface area contributed by atoms with E-state index in [1.165, 1.54) is 4.31 Å². The van der Waals surface area contributed by atoms with Crippen molar-refractivity contribution < 1.29 is 17.9 Å². The van der Waals surface area contributed by atoms with Crippen LogP contribution in [0.25, 0.3) is 0 Å². The van der Waals surface area contributed by atoms with Gasteiger partial charge in [-0.15, -0.1) is 0 Å². The zero-order valence-electron chi connectivity index (χ0n) is 14.5. The van der Waals surface area contributed by atoms with Gasteiger partial charge in [-0.05, 0) is 43.2 Å². The highest BCUT2D eigenvalue weighted by Crippen LogP contribution is 2.32. The first-order valence-electron chi connectivity index (χ1n) is 8.76. The lowest BCUT2D eigenvalue weighted by molar-refractivity contribution is 0.136. The lowest BCUT2D eigenvalue weighted by Crippen LogP contribution is -2.50. The second-order valence-electron chi connectivity index (χ2n) is 6.64. The molecule has 0 N–H and O–H groups in total. The summed E-state index contributed by atoms with van der Waals surface area (Å²) in [4.78, 5) is 14.3. The second-order valence-corrected chi connectivity index (χ2v) is 9.50. The summed E-state index contributed by atoms with van der Waals surface area (Å²) in [6, 6.07) is 14.3. The van der Waals surface area contributed by atoms with Gasteiger partial charge < -0.3 is 4.74 Å². The topological polar surface area (TPSA) is 66.9 Å². The molecule has 0 bridgehead atoms. The van der Waals surface area contributed by atoms with Crippen LogP contribution in [-0.2, 0) is 21.4 Å². The predicted molar refractivity (Wildman–Crippen MR) is 105 cm³/mol. The highest BCUT2D eigenvalue weighted by atomic mass is 79.9. The summed E-state index contributed by atoms with van der Waals surface area (Å²) in [5, 5.41) is 0. The molecule has 2 aromatic carbocycles. The second kappa shape index (κ2) is 7.26. The van der Waals surface area contributed by atoms with Crippen molar-refractivity contribution in [1.82, 2.24) is 4.31 Å². The summed E-state index contributed by atoms with van der Waals surface area (Å²) < 4.78 is 33.3. The Kier molecular flexibility index (Phi) is 4.96. The summed E-state index contributed by atoms with van der Waals surface area (Å²) in [7, 11) is -3.53. The van der Waals surface area contributed by atoms with Crippen LogP contribution in [-0.4, -0.2) is 37.9 Å². The number of cyclic esters (lactones) is 1. The summed E-state index contributed by atoms with van der Waals surface area (Å²) in [5.74, 6) is 0. The third-order valence-corrected chi connectivity index (χ3v) is 7.48. The minimum Gasteiger partial charge on any atom is -0.444 e. The standard InChI is InChI=1S/C19H19BrN2O4S/c20-15-5-7-17(8-6-15)27(24,25)21-11-9-16(10-12-21)22-18-4-2-1-3-14(18)13-26-19(22)23/h1-8,16H,9-13H2. The summed E-state index contributed by atoms with van der Waals surface area (Å²) in [6.45, 7) is 1.02. The number of carbonyl (C=O) groups is 1. The number of para-hydroxylation sites is 1. The molecule has 2 aliphatic heterocycles. The van der Waals surface area contributed by atoms with Gasteiger partial charge in [0.25, 0.3) is 0 Å². The average Bonchev–Trinajstić information content (AvgIpc) is 2.68. The molecule has 8 heteroatoms. The van der Waals surface area contributed by atoms with E-state index in [4.69, 9.17) is 4.74 Å². The van der Waals surface area contributed by atoms with Gasteiger partial charge in [-0.25, -0.2) is 13.2 Å². The van der Waals surface area contributed by atoms with Crippen LogP contribution in [0, 0.1) is 0 Å². The third-order valence-electron chi connectivity index (χ3n) is 5.04. The van der Waals surface area contributed by atoms with E-state index in [2.05, 4.69) is 15.9 Å². The fourth-order valence-electron chi connectivity index (χ4n) is 3.62. The largest absolute Gasteiger partial charge is 0.444 e. The number of sulfonamides is 1. The Labute approximate surface area is 166 Å². The minimum atomic E-state index is -3.53. The zero-order chi connectivity index (χ0) is 19.0. The molecule has 0 aliphatic carbocycles. The number of benzene rings is 2. The Morgan fingerprint density at radius 2 is 1.67 bits per heavy atom. The first-order valence-corrected chi connectivity index (χ1v) is 11.0. The van der Waals surface area contributed by atoms with Crippen LogP contribution in [0.1, 0.15) is 18.4 Å². The van der Waals surface area contributed by atoms with Gasteiger partial charge in [0.2, 0.25) is 10.0 Å². The van der Waals surface area contributed by atoms with Gasteiger partial charge >= 0.3 is 6.09 Å². The van der Waals surface area contributed by atoms with E-state index in [9.17, 15) is 13.2 Å². The van der Waals surface area contributed by atoms with Crippen LogP contribution in [0.15, 0.2) is 57.9 Å². The minimum absolute atomic E-state index is 0.0738. The quantitative estimate of drug-likeness (QED) is 0.713. The third kappa shape index (κ3) is 3.49. The molecule has 2 heterocycles. The van der Waals surface area contributed by atoms with Crippen molar-refractivity contribution in [2.24, 2.45) is 0 Å². The average molecular weight is 451 g/mol. The van der Waals surface area contributed by atoms with E-state index in [0.717, 1.165) is 15.7 Å². The molecule has 0 saturated carbocycles. The number of ether oxygens (including phenoxy) is 1. The molecular weight excluding hydrogens is 432 g/mol. The number of fused-ring (bicyclic) bond motifs is 1. The molecule has 2 aliphatic rings. The fraction of sp³-hybridized carbons (Fsp3) is 0.316. The van der Waals surface area contributed by atoms with Crippen molar-refractivity contribution in [3.8, 4) is 0 Å². The van der Waals surface area contributed by atoms with Crippen molar-refractivity contribution >= 4 is 37.7 Å². The van der Waals surface area contributed by atoms with Crippen LogP contribution >= 0.6 is 15.9 Å². The maximum Gasteiger partial charge on any atom is 0.414 e. The molecule has 27 heavy (non-hydrogen) atoms.